The summed E-state index contributed by atoms with van der Waals surface area (Å²) in [4.78, 5) is 5.15. The summed E-state index contributed by atoms with van der Waals surface area (Å²) in [5, 5.41) is 6.37. The maximum Gasteiger partial charge on any atom is 0.191 e. The molecule has 0 atom stereocenters. The van der Waals surface area contributed by atoms with E-state index < -0.39 is 19.7 Å². The SMILES string of the molecule is CCNC(=NCc1ccc(S(C)(=O)=O)c(C)c1)NCc1ccc(S(C)(=O)=O)cc1.I. The molecule has 10 heteroatoms. The van der Waals surface area contributed by atoms with E-state index in [-0.39, 0.29) is 28.9 Å². The van der Waals surface area contributed by atoms with Crippen molar-refractivity contribution in [3.05, 3.63) is 59.2 Å². The number of nitrogens with one attached hydrogen (secondary N) is 2. The largest absolute Gasteiger partial charge is 0.357 e. The van der Waals surface area contributed by atoms with E-state index in [0.29, 0.717) is 36.1 Å². The number of hydrogen-bond donors (Lipinski definition) is 2. The number of hydrogen-bond acceptors (Lipinski definition) is 5. The van der Waals surface area contributed by atoms with Crippen molar-refractivity contribution in [1.29, 1.82) is 0 Å². The van der Waals surface area contributed by atoms with E-state index in [0.717, 1.165) is 11.1 Å². The maximum atomic E-state index is 11.7. The van der Waals surface area contributed by atoms with Gasteiger partial charge in [-0.1, -0.05) is 24.3 Å². The normalized spacial score (nSPS) is 12.2. The van der Waals surface area contributed by atoms with E-state index in [4.69, 9.17) is 0 Å². The molecule has 166 valence electrons. The van der Waals surface area contributed by atoms with E-state index >= 15 is 0 Å². The molecule has 0 aromatic heterocycles. The van der Waals surface area contributed by atoms with Gasteiger partial charge >= 0.3 is 0 Å². The minimum absolute atomic E-state index is 0. The number of aryl methyl sites for hydroxylation is 1. The highest BCUT2D eigenvalue weighted by molar-refractivity contribution is 14.0. The molecular weight excluding hydrogens is 537 g/mol. The van der Waals surface area contributed by atoms with Crippen molar-refractivity contribution in [3.63, 3.8) is 0 Å². The minimum atomic E-state index is -3.24. The Balaban J connectivity index is 0.00000450. The molecule has 2 aromatic carbocycles. The molecule has 0 fully saturated rings. The van der Waals surface area contributed by atoms with Crippen molar-refractivity contribution in [2.75, 3.05) is 19.1 Å². The number of sulfone groups is 2. The van der Waals surface area contributed by atoms with Crippen LogP contribution in [0.25, 0.3) is 0 Å². The minimum Gasteiger partial charge on any atom is -0.357 e. The summed E-state index contributed by atoms with van der Waals surface area (Å²) in [6.45, 7) is 5.30. The van der Waals surface area contributed by atoms with Crippen LogP contribution in [0.5, 0.6) is 0 Å². The summed E-state index contributed by atoms with van der Waals surface area (Å²) < 4.78 is 46.5. The first kappa shape index (κ1) is 26.4. The first-order valence-electron chi connectivity index (χ1n) is 9.11. The average Bonchev–Trinajstić information content (AvgIpc) is 2.62. The number of aliphatic imine (C=N–C) groups is 1. The second-order valence-corrected chi connectivity index (χ2v) is 10.8. The van der Waals surface area contributed by atoms with Crippen LogP contribution >= 0.6 is 24.0 Å². The van der Waals surface area contributed by atoms with Gasteiger partial charge in [-0.15, -0.1) is 24.0 Å². The highest BCUT2D eigenvalue weighted by atomic mass is 127. The Morgan fingerprint density at radius 3 is 2.00 bits per heavy atom. The zero-order valence-corrected chi connectivity index (χ0v) is 21.4. The predicted octanol–water partition coefficient (Wildman–Crippen LogP) is 2.68. The van der Waals surface area contributed by atoms with Gasteiger partial charge in [0.15, 0.2) is 25.6 Å². The number of guanidine groups is 1. The van der Waals surface area contributed by atoms with Gasteiger partial charge in [-0.2, -0.15) is 0 Å². The number of rotatable bonds is 7. The van der Waals surface area contributed by atoms with Crippen molar-refractivity contribution in [3.8, 4) is 0 Å². The van der Waals surface area contributed by atoms with Crippen molar-refractivity contribution in [2.45, 2.75) is 36.7 Å². The van der Waals surface area contributed by atoms with E-state index in [1.165, 1.54) is 12.5 Å². The van der Waals surface area contributed by atoms with Crippen LogP contribution in [-0.2, 0) is 32.8 Å². The van der Waals surface area contributed by atoms with Gasteiger partial charge in [0.05, 0.1) is 16.3 Å². The second-order valence-electron chi connectivity index (χ2n) is 6.84. The molecule has 0 aliphatic carbocycles. The molecule has 0 amide bonds. The standard InChI is InChI=1S/C20H27N3O4S2.HI/c1-5-21-20(22-13-16-6-9-18(10-7-16)28(3,24)25)23-14-17-8-11-19(15(2)12-17)29(4,26)27;/h6-12H,5,13-14H2,1-4H3,(H2,21,22,23);1H. The van der Waals surface area contributed by atoms with Crippen LogP contribution in [0.15, 0.2) is 57.2 Å². The zero-order valence-electron chi connectivity index (χ0n) is 17.5. The highest BCUT2D eigenvalue weighted by Crippen LogP contribution is 2.17. The van der Waals surface area contributed by atoms with Crippen LogP contribution in [-0.4, -0.2) is 41.9 Å². The van der Waals surface area contributed by atoms with Crippen LogP contribution < -0.4 is 10.6 Å². The average molecular weight is 565 g/mol. The van der Waals surface area contributed by atoms with E-state index in [1.54, 1.807) is 43.3 Å². The van der Waals surface area contributed by atoms with Crippen LogP contribution in [0.4, 0.5) is 0 Å². The molecule has 0 bridgehead atoms. The van der Waals surface area contributed by atoms with E-state index in [1.807, 2.05) is 13.0 Å². The molecule has 2 N–H and O–H groups in total. The van der Waals surface area contributed by atoms with Gasteiger partial charge in [0.1, 0.15) is 0 Å². The lowest BCUT2D eigenvalue weighted by atomic mass is 10.1. The maximum absolute atomic E-state index is 11.7. The third kappa shape index (κ3) is 7.88. The lowest BCUT2D eigenvalue weighted by Crippen LogP contribution is -2.36. The van der Waals surface area contributed by atoms with Gasteiger partial charge in [0.25, 0.3) is 0 Å². The Morgan fingerprint density at radius 2 is 1.50 bits per heavy atom. The Morgan fingerprint density at radius 1 is 0.900 bits per heavy atom. The Bertz CT molecular complexity index is 1100. The molecule has 0 saturated heterocycles. The summed E-state index contributed by atoms with van der Waals surface area (Å²) in [5.41, 5.74) is 2.53. The van der Waals surface area contributed by atoms with Crippen molar-refractivity contribution >= 4 is 49.6 Å². The quantitative estimate of drug-likeness (QED) is 0.304. The molecule has 7 nitrogen and oxygen atoms in total. The van der Waals surface area contributed by atoms with Crippen LogP contribution in [0.2, 0.25) is 0 Å². The molecule has 0 saturated carbocycles. The molecule has 0 aliphatic rings. The summed E-state index contributed by atoms with van der Waals surface area (Å²) >= 11 is 0. The fraction of sp³-hybridized carbons (Fsp3) is 0.350. The number of halogens is 1. The van der Waals surface area contributed by atoms with Gasteiger partial charge in [-0.05, 0) is 48.7 Å². The Kier molecular flexibility index (Phi) is 9.76. The van der Waals surface area contributed by atoms with Gasteiger partial charge in [-0.25, -0.2) is 21.8 Å². The summed E-state index contributed by atoms with van der Waals surface area (Å²) in [5.74, 6) is 0.615. The Labute approximate surface area is 196 Å². The fourth-order valence-corrected chi connectivity index (χ4v) is 4.37. The molecule has 30 heavy (non-hydrogen) atoms. The molecule has 2 aromatic rings. The molecule has 0 aliphatic heterocycles. The first-order chi connectivity index (χ1) is 13.5. The van der Waals surface area contributed by atoms with E-state index in [9.17, 15) is 16.8 Å². The van der Waals surface area contributed by atoms with E-state index in [2.05, 4.69) is 15.6 Å². The lowest BCUT2D eigenvalue weighted by Gasteiger charge is -2.12. The van der Waals surface area contributed by atoms with Gasteiger partial charge < -0.3 is 10.6 Å². The second kappa shape index (κ2) is 11.1. The third-order valence-electron chi connectivity index (χ3n) is 4.21. The fourth-order valence-electron chi connectivity index (χ4n) is 2.78. The summed E-state index contributed by atoms with van der Waals surface area (Å²) in [6.07, 6.45) is 2.38. The Hall–Kier alpha value is -1.66. The van der Waals surface area contributed by atoms with Crippen molar-refractivity contribution < 1.29 is 16.8 Å². The molecular formula is C20H28IN3O4S2. The van der Waals surface area contributed by atoms with Crippen molar-refractivity contribution in [2.24, 2.45) is 4.99 Å². The highest BCUT2D eigenvalue weighted by Gasteiger charge is 2.11. The van der Waals surface area contributed by atoms with Crippen LogP contribution in [0.3, 0.4) is 0 Å². The number of nitrogens with zero attached hydrogens (tertiary/aromatic N) is 1. The smallest absolute Gasteiger partial charge is 0.191 e. The molecule has 0 unspecified atom stereocenters. The van der Waals surface area contributed by atoms with Gasteiger partial charge in [-0.3, -0.25) is 0 Å². The van der Waals surface area contributed by atoms with Crippen LogP contribution in [0, 0.1) is 6.92 Å². The predicted molar refractivity (Wildman–Crippen MR) is 131 cm³/mol. The molecule has 0 spiro atoms. The topological polar surface area (TPSA) is 105 Å². The number of benzene rings is 2. The summed E-state index contributed by atoms with van der Waals surface area (Å²) in [7, 11) is -6.45. The zero-order chi connectivity index (χ0) is 21.7. The molecule has 0 heterocycles. The molecule has 0 radical (unpaired) electrons. The van der Waals surface area contributed by atoms with Gasteiger partial charge in [0, 0.05) is 25.6 Å². The van der Waals surface area contributed by atoms with Crippen LogP contribution in [0.1, 0.15) is 23.6 Å². The first-order valence-corrected chi connectivity index (χ1v) is 12.9. The third-order valence-corrected chi connectivity index (χ3v) is 6.60. The molecule has 2 rings (SSSR count). The van der Waals surface area contributed by atoms with Crippen molar-refractivity contribution in [1.82, 2.24) is 10.6 Å². The van der Waals surface area contributed by atoms with Gasteiger partial charge in [0.2, 0.25) is 0 Å². The lowest BCUT2D eigenvalue weighted by molar-refractivity contribution is 0.599. The summed E-state index contributed by atoms with van der Waals surface area (Å²) in [6, 6.07) is 11.9. The monoisotopic (exact) mass is 565 g/mol.